The van der Waals surface area contributed by atoms with E-state index in [1.807, 2.05) is 0 Å². The minimum absolute atomic E-state index is 0.340. The Balaban J connectivity index is 2.46. The van der Waals surface area contributed by atoms with E-state index in [2.05, 4.69) is 44.7 Å². The molecule has 0 spiro atoms. The predicted molar refractivity (Wildman–Crippen MR) is 76.5 cm³/mol. The van der Waals surface area contributed by atoms with Gasteiger partial charge in [0.15, 0.2) is 5.82 Å². The third kappa shape index (κ3) is 3.48. The molecular weight excluding hydrogens is 333 g/mol. The standard InChI is InChI=1S/C13H12BrClFN3/c1-7(2)5-10-11(14)12(15)19-13(18-10)9-4-3-8(16)6-17-9/h3-4,6-7H,5H2,1-2H3. The highest BCUT2D eigenvalue weighted by atomic mass is 79.9. The van der Waals surface area contributed by atoms with Crippen LogP contribution >= 0.6 is 27.5 Å². The lowest BCUT2D eigenvalue weighted by atomic mass is 10.1. The average Bonchev–Trinajstić information content (AvgIpc) is 2.35. The summed E-state index contributed by atoms with van der Waals surface area (Å²) >= 11 is 9.47. The van der Waals surface area contributed by atoms with Crippen molar-refractivity contribution in [2.45, 2.75) is 20.3 Å². The molecule has 0 aromatic carbocycles. The maximum atomic E-state index is 12.9. The molecule has 0 fully saturated rings. The number of hydrogen-bond acceptors (Lipinski definition) is 3. The quantitative estimate of drug-likeness (QED) is 0.780. The zero-order chi connectivity index (χ0) is 14.0. The molecule has 0 aliphatic heterocycles. The van der Waals surface area contributed by atoms with E-state index in [0.29, 0.717) is 27.1 Å². The van der Waals surface area contributed by atoms with Crippen molar-refractivity contribution in [3.05, 3.63) is 39.5 Å². The zero-order valence-corrected chi connectivity index (χ0v) is 12.8. The van der Waals surface area contributed by atoms with Crippen molar-refractivity contribution in [2.24, 2.45) is 5.92 Å². The van der Waals surface area contributed by atoms with Crippen LogP contribution in [0.4, 0.5) is 4.39 Å². The molecule has 3 nitrogen and oxygen atoms in total. The highest BCUT2D eigenvalue weighted by Crippen LogP contribution is 2.27. The van der Waals surface area contributed by atoms with Gasteiger partial charge in [0.2, 0.25) is 0 Å². The molecule has 2 heterocycles. The Bertz CT molecular complexity index is 587. The summed E-state index contributed by atoms with van der Waals surface area (Å²) in [5, 5.41) is 0.340. The molecular formula is C13H12BrClFN3. The molecule has 0 bridgehead atoms. The first-order valence-electron chi connectivity index (χ1n) is 5.81. The molecule has 0 aliphatic carbocycles. The van der Waals surface area contributed by atoms with E-state index in [9.17, 15) is 4.39 Å². The largest absolute Gasteiger partial charge is 0.250 e. The van der Waals surface area contributed by atoms with Gasteiger partial charge in [-0.15, -0.1) is 0 Å². The van der Waals surface area contributed by atoms with Gasteiger partial charge in [0.1, 0.15) is 16.7 Å². The summed E-state index contributed by atoms with van der Waals surface area (Å²) in [7, 11) is 0. The summed E-state index contributed by atoms with van der Waals surface area (Å²) in [6.45, 7) is 4.19. The summed E-state index contributed by atoms with van der Waals surface area (Å²) in [6.07, 6.45) is 1.91. The Kier molecular flexibility index (Phi) is 4.47. The molecule has 0 saturated carbocycles. The van der Waals surface area contributed by atoms with Gasteiger partial charge in [0.05, 0.1) is 16.4 Å². The van der Waals surface area contributed by atoms with E-state index in [-0.39, 0.29) is 0 Å². The van der Waals surface area contributed by atoms with E-state index in [1.165, 1.54) is 12.1 Å². The summed E-state index contributed by atoms with van der Waals surface area (Å²) < 4.78 is 13.6. The van der Waals surface area contributed by atoms with Crippen LogP contribution < -0.4 is 0 Å². The van der Waals surface area contributed by atoms with Crippen molar-refractivity contribution < 1.29 is 4.39 Å². The van der Waals surface area contributed by atoms with Crippen molar-refractivity contribution in [1.29, 1.82) is 0 Å². The summed E-state index contributed by atoms with van der Waals surface area (Å²) in [4.78, 5) is 12.6. The van der Waals surface area contributed by atoms with E-state index in [0.717, 1.165) is 18.3 Å². The lowest BCUT2D eigenvalue weighted by molar-refractivity contribution is 0.621. The summed E-state index contributed by atoms with van der Waals surface area (Å²) in [5.41, 5.74) is 1.33. The minimum atomic E-state index is -0.394. The number of aromatic nitrogens is 3. The van der Waals surface area contributed by atoms with E-state index in [1.54, 1.807) is 0 Å². The van der Waals surface area contributed by atoms with Gasteiger partial charge in [-0.2, -0.15) is 0 Å². The molecule has 100 valence electrons. The Morgan fingerprint density at radius 2 is 2.05 bits per heavy atom. The molecule has 2 aromatic rings. The van der Waals surface area contributed by atoms with Gasteiger partial charge in [-0.05, 0) is 40.4 Å². The van der Waals surface area contributed by atoms with Gasteiger partial charge >= 0.3 is 0 Å². The van der Waals surface area contributed by atoms with Crippen LogP contribution in [0.25, 0.3) is 11.5 Å². The topological polar surface area (TPSA) is 38.7 Å². The summed E-state index contributed by atoms with van der Waals surface area (Å²) in [5.74, 6) is 0.453. The van der Waals surface area contributed by atoms with Crippen LogP contribution in [-0.4, -0.2) is 15.0 Å². The summed E-state index contributed by atoms with van der Waals surface area (Å²) in [6, 6.07) is 2.86. The third-order valence-corrected chi connectivity index (χ3v) is 3.77. The fourth-order valence-corrected chi connectivity index (χ4v) is 2.14. The number of rotatable bonds is 3. The molecule has 0 saturated heterocycles. The highest BCUT2D eigenvalue weighted by molar-refractivity contribution is 9.10. The normalized spacial score (nSPS) is 11.1. The minimum Gasteiger partial charge on any atom is -0.250 e. The van der Waals surface area contributed by atoms with Crippen LogP contribution in [0.15, 0.2) is 22.8 Å². The monoisotopic (exact) mass is 343 g/mol. The lowest BCUT2D eigenvalue weighted by Crippen LogP contribution is -2.03. The number of hydrogen-bond donors (Lipinski definition) is 0. The molecule has 19 heavy (non-hydrogen) atoms. The van der Waals surface area contributed by atoms with Crippen LogP contribution in [0.1, 0.15) is 19.5 Å². The first-order chi connectivity index (χ1) is 8.97. The second kappa shape index (κ2) is 5.92. The van der Waals surface area contributed by atoms with E-state index < -0.39 is 5.82 Å². The van der Waals surface area contributed by atoms with E-state index in [4.69, 9.17) is 11.6 Å². The van der Waals surface area contributed by atoms with Crippen LogP contribution in [0.5, 0.6) is 0 Å². The van der Waals surface area contributed by atoms with Crippen LogP contribution in [0.3, 0.4) is 0 Å². The SMILES string of the molecule is CC(C)Cc1nc(-c2ccc(F)cn2)nc(Cl)c1Br. The smallest absolute Gasteiger partial charge is 0.179 e. The molecule has 0 radical (unpaired) electrons. The number of pyridine rings is 1. The highest BCUT2D eigenvalue weighted by Gasteiger charge is 2.14. The first-order valence-corrected chi connectivity index (χ1v) is 6.98. The second-order valence-corrected chi connectivity index (χ2v) is 5.71. The zero-order valence-electron chi connectivity index (χ0n) is 10.5. The molecule has 0 atom stereocenters. The Labute approximate surface area is 124 Å². The fourth-order valence-electron chi connectivity index (χ4n) is 1.61. The molecule has 2 aromatic heterocycles. The van der Waals surface area contributed by atoms with Gasteiger partial charge in [0, 0.05) is 0 Å². The van der Waals surface area contributed by atoms with Crippen molar-refractivity contribution in [1.82, 2.24) is 15.0 Å². The maximum Gasteiger partial charge on any atom is 0.179 e. The van der Waals surface area contributed by atoms with Gasteiger partial charge in [-0.1, -0.05) is 25.4 Å². The average molecular weight is 345 g/mol. The van der Waals surface area contributed by atoms with Gasteiger partial charge < -0.3 is 0 Å². The second-order valence-electron chi connectivity index (χ2n) is 4.56. The van der Waals surface area contributed by atoms with Crippen molar-refractivity contribution in [3.63, 3.8) is 0 Å². The number of nitrogens with zero attached hydrogens (tertiary/aromatic N) is 3. The maximum absolute atomic E-state index is 12.9. The van der Waals surface area contributed by atoms with Gasteiger partial charge in [-0.3, -0.25) is 0 Å². The van der Waals surface area contributed by atoms with Crippen molar-refractivity contribution in [3.8, 4) is 11.5 Å². The first kappa shape index (κ1) is 14.3. The lowest BCUT2D eigenvalue weighted by Gasteiger charge is -2.09. The van der Waals surface area contributed by atoms with Gasteiger partial charge in [-0.25, -0.2) is 19.3 Å². The van der Waals surface area contributed by atoms with Gasteiger partial charge in [0.25, 0.3) is 0 Å². The van der Waals surface area contributed by atoms with Crippen molar-refractivity contribution >= 4 is 27.5 Å². The molecule has 2 rings (SSSR count). The molecule has 6 heteroatoms. The third-order valence-electron chi connectivity index (χ3n) is 2.44. The molecule has 0 amide bonds. The van der Waals surface area contributed by atoms with Crippen LogP contribution in [0.2, 0.25) is 5.15 Å². The molecule has 0 unspecified atom stereocenters. The Morgan fingerprint density at radius 1 is 1.32 bits per heavy atom. The fraction of sp³-hybridized carbons (Fsp3) is 0.308. The Morgan fingerprint density at radius 3 is 2.63 bits per heavy atom. The predicted octanol–water partition coefficient (Wildman–Crippen LogP) is 4.29. The Hall–Kier alpha value is -1.07. The van der Waals surface area contributed by atoms with E-state index >= 15 is 0 Å². The van der Waals surface area contributed by atoms with Crippen LogP contribution in [0, 0.1) is 11.7 Å². The van der Waals surface area contributed by atoms with Crippen LogP contribution in [-0.2, 0) is 6.42 Å². The number of halogens is 3. The molecule has 0 aliphatic rings. The van der Waals surface area contributed by atoms with Crippen molar-refractivity contribution in [2.75, 3.05) is 0 Å². The molecule has 0 N–H and O–H groups in total.